The zero-order valence-corrected chi connectivity index (χ0v) is 20.6. The summed E-state index contributed by atoms with van der Waals surface area (Å²) >= 11 is 0. The molecule has 37 heavy (non-hydrogen) atoms. The molecule has 0 aliphatic carbocycles. The fraction of sp³-hybridized carbons (Fsp3) is 0.400. The number of ether oxygens (including phenoxy) is 1. The van der Waals surface area contributed by atoms with Gasteiger partial charge in [0.25, 0.3) is 0 Å². The maximum atomic E-state index is 13.8. The van der Waals surface area contributed by atoms with Crippen LogP contribution in [-0.4, -0.2) is 58.5 Å². The van der Waals surface area contributed by atoms with E-state index in [0.717, 1.165) is 36.5 Å². The summed E-state index contributed by atoms with van der Waals surface area (Å²) < 4.78 is 59.6. The summed E-state index contributed by atoms with van der Waals surface area (Å²) in [5.41, 5.74) is 0.654. The van der Waals surface area contributed by atoms with E-state index in [1.165, 1.54) is 0 Å². The molecule has 0 bridgehead atoms. The number of rotatable bonds is 6. The van der Waals surface area contributed by atoms with Crippen molar-refractivity contribution in [3.05, 3.63) is 65.5 Å². The number of anilines is 1. The van der Waals surface area contributed by atoms with Crippen LogP contribution in [0.25, 0.3) is 5.69 Å². The highest BCUT2D eigenvalue weighted by atomic mass is 19.4. The number of carbonyl (C=O) groups excluding carboxylic acids is 1. The molecule has 1 saturated heterocycles. The summed E-state index contributed by atoms with van der Waals surface area (Å²) in [5.74, 6) is -0.0329. The molecule has 198 valence electrons. The number of halogens is 4. The molecule has 0 radical (unpaired) electrons. The van der Waals surface area contributed by atoms with E-state index in [4.69, 9.17) is 4.74 Å². The van der Waals surface area contributed by atoms with Gasteiger partial charge < -0.3 is 19.9 Å². The van der Waals surface area contributed by atoms with Gasteiger partial charge in [-0.1, -0.05) is 6.07 Å². The number of aromatic nitrogens is 3. The summed E-state index contributed by atoms with van der Waals surface area (Å²) in [6.07, 6.45) is -2.41. The first-order valence-electron chi connectivity index (χ1n) is 11.9. The number of nitrogens with zero attached hydrogens (tertiary/aromatic N) is 5. The van der Waals surface area contributed by atoms with Gasteiger partial charge in [-0.15, -0.1) is 0 Å². The van der Waals surface area contributed by atoms with Crippen LogP contribution in [0.1, 0.15) is 30.3 Å². The zero-order valence-electron chi connectivity index (χ0n) is 20.6. The molecule has 0 unspecified atom stereocenters. The molecule has 12 heteroatoms. The zero-order chi connectivity index (χ0) is 26.6. The molecule has 8 nitrogen and oxygen atoms in total. The molecule has 1 aromatic heterocycles. The summed E-state index contributed by atoms with van der Waals surface area (Å²) in [5, 5.41) is 7.03. The van der Waals surface area contributed by atoms with Gasteiger partial charge in [0, 0.05) is 44.5 Å². The molecule has 2 aromatic carbocycles. The summed E-state index contributed by atoms with van der Waals surface area (Å²) in [6.45, 7) is 6.39. The molecule has 0 saturated carbocycles. The number of aryl methyl sites for hydroxylation is 1. The number of nitrogens with one attached hydrogen (secondary N) is 1. The van der Waals surface area contributed by atoms with Crippen LogP contribution in [0.4, 0.5) is 28.0 Å². The van der Waals surface area contributed by atoms with Gasteiger partial charge in [0.1, 0.15) is 29.4 Å². The Morgan fingerprint density at radius 2 is 1.92 bits per heavy atom. The lowest BCUT2D eigenvalue weighted by Gasteiger charge is -2.25. The van der Waals surface area contributed by atoms with E-state index in [9.17, 15) is 22.4 Å². The molecular weight excluding hydrogens is 492 g/mol. The third kappa shape index (κ3) is 6.30. The van der Waals surface area contributed by atoms with E-state index in [1.54, 1.807) is 15.9 Å². The van der Waals surface area contributed by atoms with Crippen molar-refractivity contribution in [2.75, 3.05) is 37.7 Å². The van der Waals surface area contributed by atoms with E-state index in [1.807, 2.05) is 32.0 Å². The first kappa shape index (κ1) is 26.2. The minimum atomic E-state index is -4.76. The van der Waals surface area contributed by atoms with E-state index in [2.05, 4.69) is 20.3 Å². The van der Waals surface area contributed by atoms with Crippen LogP contribution in [0.5, 0.6) is 5.75 Å². The SMILES string of the molecule is CCOc1cc(N2CCCN(C(=O)NCc3ccc(C(F)(F)F)c(F)c3)CC2)ccc1-n1cnc(C)n1. The Morgan fingerprint density at radius 3 is 2.59 bits per heavy atom. The largest absolute Gasteiger partial charge is 0.492 e. The molecular formula is C25H28F4N6O2. The van der Waals surface area contributed by atoms with Crippen LogP contribution >= 0.6 is 0 Å². The highest BCUT2D eigenvalue weighted by Gasteiger charge is 2.34. The van der Waals surface area contributed by atoms with Crippen LogP contribution in [0.3, 0.4) is 0 Å². The van der Waals surface area contributed by atoms with E-state index in [-0.39, 0.29) is 18.1 Å². The lowest BCUT2D eigenvalue weighted by molar-refractivity contribution is -0.140. The molecule has 4 rings (SSSR count). The second-order valence-corrected chi connectivity index (χ2v) is 8.62. The van der Waals surface area contributed by atoms with Crippen LogP contribution < -0.4 is 15.0 Å². The average Bonchev–Trinajstić information content (AvgIpc) is 3.13. The summed E-state index contributed by atoms with van der Waals surface area (Å²) in [6, 6.07) is 8.15. The Bertz CT molecular complexity index is 1250. The monoisotopic (exact) mass is 520 g/mol. The predicted molar refractivity (Wildman–Crippen MR) is 129 cm³/mol. The first-order valence-corrected chi connectivity index (χ1v) is 11.9. The van der Waals surface area contributed by atoms with E-state index < -0.39 is 17.6 Å². The van der Waals surface area contributed by atoms with Gasteiger partial charge in [-0.3, -0.25) is 0 Å². The van der Waals surface area contributed by atoms with Gasteiger partial charge in [0.2, 0.25) is 0 Å². The molecule has 3 aromatic rings. The van der Waals surface area contributed by atoms with Crippen molar-refractivity contribution in [2.24, 2.45) is 0 Å². The topological polar surface area (TPSA) is 75.5 Å². The van der Waals surface area contributed by atoms with Crippen LogP contribution in [-0.2, 0) is 12.7 Å². The average molecular weight is 521 g/mol. The predicted octanol–water partition coefficient (Wildman–Crippen LogP) is 4.55. The molecule has 2 heterocycles. The fourth-order valence-corrected chi connectivity index (χ4v) is 4.19. The lowest BCUT2D eigenvalue weighted by Crippen LogP contribution is -2.41. The summed E-state index contributed by atoms with van der Waals surface area (Å²) in [7, 11) is 0. The maximum absolute atomic E-state index is 13.8. The number of hydrogen-bond acceptors (Lipinski definition) is 5. The van der Waals surface area contributed by atoms with Crippen molar-refractivity contribution < 1.29 is 27.1 Å². The van der Waals surface area contributed by atoms with E-state index in [0.29, 0.717) is 43.9 Å². The Kier molecular flexibility index (Phi) is 7.84. The van der Waals surface area contributed by atoms with Crippen molar-refractivity contribution in [3.8, 4) is 11.4 Å². The highest BCUT2D eigenvalue weighted by molar-refractivity contribution is 5.74. The van der Waals surface area contributed by atoms with Crippen molar-refractivity contribution in [1.82, 2.24) is 25.0 Å². The minimum absolute atomic E-state index is 0.0744. The maximum Gasteiger partial charge on any atom is 0.419 e. The third-order valence-corrected chi connectivity index (χ3v) is 6.03. The van der Waals surface area contributed by atoms with Crippen molar-refractivity contribution >= 4 is 11.7 Å². The molecule has 1 fully saturated rings. The van der Waals surface area contributed by atoms with Gasteiger partial charge >= 0.3 is 12.2 Å². The van der Waals surface area contributed by atoms with Crippen molar-refractivity contribution in [2.45, 2.75) is 33.0 Å². The number of benzene rings is 2. The second kappa shape index (κ2) is 11.1. The van der Waals surface area contributed by atoms with Crippen molar-refractivity contribution in [1.29, 1.82) is 0 Å². The standard InChI is InChI=1S/C25H28F4N6O2/c1-3-37-23-14-19(6-8-22(23)35-16-31-17(2)32-35)33-9-4-10-34(12-11-33)24(36)30-15-18-5-7-20(21(26)13-18)25(27,28)29/h5-8,13-14,16H,3-4,9-12,15H2,1-2H3,(H,30,36). The normalized spacial score (nSPS) is 14.4. The third-order valence-electron chi connectivity index (χ3n) is 6.03. The van der Waals surface area contributed by atoms with Gasteiger partial charge in [-0.05, 0) is 50.1 Å². The number of amides is 2. The Labute approximate surface area is 211 Å². The van der Waals surface area contributed by atoms with Gasteiger partial charge in [-0.25, -0.2) is 18.9 Å². The smallest absolute Gasteiger partial charge is 0.419 e. The molecule has 2 amide bonds. The molecule has 0 spiro atoms. The Balaban J connectivity index is 1.38. The van der Waals surface area contributed by atoms with E-state index >= 15 is 0 Å². The van der Waals surface area contributed by atoms with Gasteiger partial charge in [0.05, 0.1) is 12.2 Å². The van der Waals surface area contributed by atoms with Gasteiger partial charge in [-0.2, -0.15) is 18.3 Å². The Hall–Kier alpha value is -3.83. The summed E-state index contributed by atoms with van der Waals surface area (Å²) in [4.78, 5) is 20.7. The minimum Gasteiger partial charge on any atom is -0.492 e. The number of urea groups is 1. The second-order valence-electron chi connectivity index (χ2n) is 8.62. The van der Waals surface area contributed by atoms with Crippen LogP contribution in [0.2, 0.25) is 0 Å². The Morgan fingerprint density at radius 1 is 1.11 bits per heavy atom. The quantitative estimate of drug-likeness (QED) is 0.483. The molecule has 0 atom stereocenters. The molecule has 1 N–H and O–H groups in total. The number of carbonyl (C=O) groups is 1. The van der Waals surface area contributed by atoms with Gasteiger partial charge in [0.15, 0.2) is 0 Å². The number of hydrogen-bond donors (Lipinski definition) is 1. The van der Waals surface area contributed by atoms with Crippen LogP contribution in [0.15, 0.2) is 42.7 Å². The first-order chi connectivity index (χ1) is 17.7. The van der Waals surface area contributed by atoms with Crippen molar-refractivity contribution in [3.63, 3.8) is 0 Å². The molecule has 1 aliphatic rings. The molecule has 1 aliphatic heterocycles. The fourth-order valence-electron chi connectivity index (χ4n) is 4.19. The lowest BCUT2D eigenvalue weighted by atomic mass is 10.1. The highest BCUT2D eigenvalue weighted by Crippen LogP contribution is 2.32. The van der Waals surface area contributed by atoms with Crippen LogP contribution in [0, 0.1) is 12.7 Å². The number of alkyl halides is 3.